The molecule has 2 aromatic rings. The highest BCUT2D eigenvalue weighted by Gasteiger charge is 2.39. The number of rotatable bonds is 3. The van der Waals surface area contributed by atoms with Crippen LogP contribution in [0.4, 0.5) is 5.69 Å². The standard InChI is InChI=1S/C22H23NO3/c1-13-7-12-18(25-2)21-19(13)16-5-4-6-17(16)20(23-21)14-8-10-15(11-9-14)22(24)26-3/h4-5,7-12,16-17,20,23H,6H2,1-3H3/t16-,17-,20-/m1/s1. The number of nitrogens with one attached hydrogen (secondary N) is 1. The van der Waals surface area contributed by atoms with Gasteiger partial charge in [0.2, 0.25) is 0 Å². The first-order valence-corrected chi connectivity index (χ1v) is 8.93. The molecule has 0 unspecified atom stereocenters. The Bertz CT molecular complexity index is 870. The van der Waals surface area contributed by atoms with Crippen molar-refractivity contribution < 1.29 is 14.3 Å². The normalized spacial score (nSPS) is 23.0. The Balaban J connectivity index is 1.75. The molecular formula is C22H23NO3. The van der Waals surface area contributed by atoms with Crippen molar-refractivity contribution in [2.24, 2.45) is 5.92 Å². The number of hydrogen-bond acceptors (Lipinski definition) is 4. The maximum Gasteiger partial charge on any atom is 0.337 e. The van der Waals surface area contributed by atoms with E-state index in [1.54, 1.807) is 7.11 Å². The fourth-order valence-corrected chi connectivity index (χ4v) is 4.32. The number of esters is 1. The highest BCUT2D eigenvalue weighted by molar-refractivity contribution is 5.89. The molecule has 0 fully saturated rings. The molecule has 2 aromatic carbocycles. The van der Waals surface area contributed by atoms with Crippen molar-refractivity contribution in [3.63, 3.8) is 0 Å². The third kappa shape index (κ3) is 2.57. The molecule has 0 bridgehead atoms. The highest BCUT2D eigenvalue weighted by Crippen LogP contribution is 2.53. The molecule has 0 aromatic heterocycles. The lowest BCUT2D eigenvalue weighted by Crippen LogP contribution is -2.30. The largest absolute Gasteiger partial charge is 0.495 e. The first-order valence-electron chi connectivity index (χ1n) is 8.93. The van der Waals surface area contributed by atoms with Crippen LogP contribution in [-0.2, 0) is 4.74 Å². The molecule has 0 saturated carbocycles. The van der Waals surface area contributed by atoms with Crippen molar-refractivity contribution in [2.45, 2.75) is 25.3 Å². The van der Waals surface area contributed by atoms with E-state index in [4.69, 9.17) is 9.47 Å². The minimum Gasteiger partial charge on any atom is -0.495 e. The predicted octanol–water partition coefficient (Wildman–Crippen LogP) is 4.62. The number of hydrogen-bond donors (Lipinski definition) is 1. The second-order valence-electron chi connectivity index (χ2n) is 6.96. The van der Waals surface area contributed by atoms with Crippen molar-refractivity contribution in [1.29, 1.82) is 0 Å². The minimum atomic E-state index is -0.309. The maximum absolute atomic E-state index is 11.7. The lowest BCUT2D eigenvalue weighted by molar-refractivity contribution is 0.0600. The van der Waals surface area contributed by atoms with Crippen molar-refractivity contribution in [2.75, 3.05) is 19.5 Å². The Labute approximate surface area is 153 Å². The van der Waals surface area contributed by atoms with Crippen LogP contribution in [0, 0.1) is 12.8 Å². The monoisotopic (exact) mass is 349 g/mol. The second-order valence-corrected chi connectivity index (χ2v) is 6.96. The molecule has 1 aliphatic heterocycles. The number of allylic oxidation sites excluding steroid dienone is 2. The SMILES string of the molecule is COC(=O)c1ccc([C@H]2Nc3c(OC)ccc(C)c3[C@@H]3C=CC[C@@H]23)cc1. The summed E-state index contributed by atoms with van der Waals surface area (Å²) < 4.78 is 10.4. The van der Waals surface area contributed by atoms with Gasteiger partial charge in [0.25, 0.3) is 0 Å². The average molecular weight is 349 g/mol. The summed E-state index contributed by atoms with van der Waals surface area (Å²) in [5, 5.41) is 3.73. The van der Waals surface area contributed by atoms with Crippen molar-refractivity contribution in [3.8, 4) is 5.75 Å². The smallest absolute Gasteiger partial charge is 0.337 e. The summed E-state index contributed by atoms with van der Waals surface area (Å²) >= 11 is 0. The van der Waals surface area contributed by atoms with Crippen LogP contribution in [0.3, 0.4) is 0 Å². The third-order valence-corrected chi connectivity index (χ3v) is 5.61. The van der Waals surface area contributed by atoms with Gasteiger partial charge in [-0.25, -0.2) is 4.79 Å². The number of carbonyl (C=O) groups is 1. The number of fused-ring (bicyclic) bond motifs is 3. The minimum absolute atomic E-state index is 0.171. The molecule has 0 amide bonds. The molecule has 3 atom stereocenters. The molecular weight excluding hydrogens is 326 g/mol. The van der Waals surface area contributed by atoms with E-state index in [2.05, 4.69) is 30.5 Å². The van der Waals surface area contributed by atoms with E-state index in [0.717, 1.165) is 17.9 Å². The fourth-order valence-electron chi connectivity index (χ4n) is 4.32. The molecule has 0 saturated heterocycles. The van der Waals surface area contributed by atoms with Crippen LogP contribution in [0.2, 0.25) is 0 Å². The Morgan fingerprint density at radius 3 is 2.58 bits per heavy atom. The van der Waals surface area contributed by atoms with E-state index in [9.17, 15) is 4.79 Å². The van der Waals surface area contributed by atoms with E-state index >= 15 is 0 Å². The molecule has 134 valence electrons. The zero-order chi connectivity index (χ0) is 18.3. The molecule has 4 nitrogen and oxygen atoms in total. The van der Waals surface area contributed by atoms with Gasteiger partial charge in [0.15, 0.2) is 0 Å². The molecule has 0 radical (unpaired) electrons. The number of anilines is 1. The summed E-state index contributed by atoms with van der Waals surface area (Å²) in [6.45, 7) is 2.16. The van der Waals surface area contributed by atoms with Gasteiger partial charge in [-0.15, -0.1) is 0 Å². The first kappa shape index (κ1) is 16.7. The first-order chi connectivity index (χ1) is 12.6. The van der Waals surface area contributed by atoms with Crippen LogP contribution < -0.4 is 10.1 Å². The van der Waals surface area contributed by atoms with Gasteiger partial charge in [-0.05, 0) is 54.2 Å². The zero-order valence-electron chi connectivity index (χ0n) is 15.3. The molecule has 1 heterocycles. The average Bonchev–Trinajstić information content (AvgIpc) is 3.16. The van der Waals surface area contributed by atoms with E-state index in [0.29, 0.717) is 17.4 Å². The van der Waals surface area contributed by atoms with Crippen LogP contribution in [0.5, 0.6) is 5.75 Å². The van der Waals surface area contributed by atoms with Crippen molar-refractivity contribution >= 4 is 11.7 Å². The van der Waals surface area contributed by atoms with Crippen LogP contribution in [0.15, 0.2) is 48.6 Å². The summed E-state index contributed by atoms with van der Waals surface area (Å²) in [5.41, 5.74) is 5.45. The lowest BCUT2D eigenvalue weighted by Gasteiger charge is -2.39. The number of ether oxygens (including phenoxy) is 2. The molecule has 1 aliphatic carbocycles. The van der Waals surface area contributed by atoms with Crippen molar-refractivity contribution in [1.82, 2.24) is 0 Å². The summed E-state index contributed by atoms with van der Waals surface area (Å²) in [7, 11) is 3.11. The fraction of sp³-hybridized carbons (Fsp3) is 0.318. The van der Waals surface area contributed by atoms with E-state index in [1.165, 1.54) is 23.8 Å². The van der Waals surface area contributed by atoms with Gasteiger partial charge in [-0.2, -0.15) is 0 Å². The Morgan fingerprint density at radius 2 is 1.88 bits per heavy atom. The van der Waals surface area contributed by atoms with E-state index < -0.39 is 0 Å². The molecule has 0 spiro atoms. The van der Waals surface area contributed by atoms with Gasteiger partial charge in [0.05, 0.1) is 31.5 Å². The second kappa shape index (κ2) is 6.52. The van der Waals surface area contributed by atoms with Gasteiger partial charge >= 0.3 is 5.97 Å². The summed E-state index contributed by atoms with van der Waals surface area (Å²) in [5.74, 6) is 1.40. The zero-order valence-corrected chi connectivity index (χ0v) is 15.3. The number of carbonyl (C=O) groups excluding carboxylic acids is 1. The van der Waals surface area contributed by atoms with Gasteiger partial charge in [0, 0.05) is 5.92 Å². The lowest BCUT2D eigenvalue weighted by atomic mass is 9.75. The number of benzene rings is 2. The van der Waals surface area contributed by atoms with E-state index in [1.807, 2.05) is 30.3 Å². The molecule has 26 heavy (non-hydrogen) atoms. The van der Waals surface area contributed by atoms with Crippen LogP contribution in [0.25, 0.3) is 0 Å². The Morgan fingerprint density at radius 1 is 1.12 bits per heavy atom. The Kier molecular flexibility index (Phi) is 4.19. The van der Waals surface area contributed by atoms with E-state index in [-0.39, 0.29) is 12.0 Å². The summed E-state index contributed by atoms with van der Waals surface area (Å²) in [6, 6.07) is 12.0. The Hall–Kier alpha value is -2.75. The highest BCUT2D eigenvalue weighted by atomic mass is 16.5. The predicted molar refractivity (Wildman–Crippen MR) is 102 cm³/mol. The topological polar surface area (TPSA) is 47.6 Å². The quantitative estimate of drug-likeness (QED) is 0.649. The number of methoxy groups -OCH3 is 2. The summed E-state index contributed by atoms with van der Waals surface area (Å²) in [4.78, 5) is 11.7. The molecule has 2 aliphatic rings. The van der Waals surface area contributed by atoms with Crippen LogP contribution in [-0.4, -0.2) is 20.2 Å². The van der Waals surface area contributed by atoms with Gasteiger partial charge in [0.1, 0.15) is 5.75 Å². The van der Waals surface area contributed by atoms with Crippen LogP contribution in [0.1, 0.15) is 45.4 Å². The third-order valence-electron chi connectivity index (χ3n) is 5.61. The van der Waals surface area contributed by atoms with Gasteiger partial charge in [-0.1, -0.05) is 30.4 Å². The van der Waals surface area contributed by atoms with Gasteiger partial charge in [-0.3, -0.25) is 0 Å². The molecule has 4 rings (SSSR count). The summed E-state index contributed by atoms with van der Waals surface area (Å²) in [6.07, 6.45) is 5.64. The van der Waals surface area contributed by atoms with Gasteiger partial charge < -0.3 is 14.8 Å². The van der Waals surface area contributed by atoms with Crippen LogP contribution >= 0.6 is 0 Å². The van der Waals surface area contributed by atoms with Crippen molar-refractivity contribution in [3.05, 3.63) is 70.8 Å². The number of aryl methyl sites for hydroxylation is 1. The molecule has 4 heteroatoms. The molecule has 1 N–H and O–H groups in total. The maximum atomic E-state index is 11.7.